The number of hydrogen-bond donors (Lipinski definition) is 0. The largest absolute Gasteiger partial charge is 0.490 e. The molecule has 0 N–H and O–H groups in total. The van der Waals surface area contributed by atoms with Gasteiger partial charge in [0.1, 0.15) is 0 Å². The molecule has 0 aliphatic carbocycles. The summed E-state index contributed by atoms with van der Waals surface area (Å²) in [4.78, 5) is 34.9. The lowest BCUT2D eigenvalue weighted by atomic mass is 10.1. The molecule has 0 aromatic heterocycles. The third-order valence-electron chi connectivity index (χ3n) is 6.14. The number of unbranched alkanes of at least 4 members (excludes halogenated alkanes) is 1. The number of benzene rings is 2. The standard InChI is InChI=1S/C29H35N3O5S/c1-4-7-15-37-24-12-11-21(18-25(24)36-6-3)19-26-28(34)32(5-2)29(38-26)30-23-10-8-9-22(20-23)27(33)31-13-16-35-17-14-31/h8-12,18-20H,4-7,13-17H2,1-3H3/b26-19+,30-29?. The van der Waals surface area contributed by atoms with Gasteiger partial charge in [0.15, 0.2) is 16.7 Å². The van der Waals surface area contributed by atoms with Crippen molar-refractivity contribution in [3.63, 3.8) is 0 Å². The molecule has 2 aliphatic rings. The number of ether oxygens (including phenoxy) is 3. The van der Waals surface area contributed by atoms with Crippen molar-refractivity contribution < 1.29 is 23.8 Å². The van der Waals surface area contributed by atoms with Gasteiger partial charge < -0.3 is 19.1 Å². The number of amidine groups is 1. The van der Waals surface area contributed by atoms with E-state index in [4.69, 9.17) is 19.2 Å². The van der Waals surface area contributed by atoms with Gasteiger partial charge in [0.25, 0.3) is 11.8 Å². The lowest BCUT2D eigenvalue weighted by Crippen LogP contribution is -2.40. The van der Waals surface area contributed by atoms with Crippen LogP contribution in [0.2, 0.25) is 0 Å². The molecule has 4 rings (SSSR count). The molecule has 2 heterocycles. The van der Waals surface area contributed by atoms with E-state index in [1.165, 1.54) is 11.8 Å². The van der Waals surface area contributed by atoms with E-state index in [0.29, 0.717) is 78.9 Å². The number of aliphatic imine (C=N–C) groups is 1. The molecule has 0 spiro atoms. The Kier molecular flexibility index (Phi) is 9.84. The molecule has 2 fully saturated rings. The molecule has 2 amide bonds. The minimum absolute atomic E-state index is 0.0364. The zero-order chi connectivity index (χ0) is 26.9. The third kappa shape index (κ3) is 6.76. The highest BCUT2D eigenvalue weighted by Crippen LogP contribution is 2.36. The predicted molar refractivity (Wildman–Crippen MR) is 151 cm³/mol. The topological polar surface area (TPSA) is 80.7 Å². The van der Waals surface area contributed by atoms with Gasteiger partial charge >= 0.3 is 0 Å². The molecule has 8 nitrogen and oxygen atoms in total. The highest BCUT2D eigenvalue weighted by Gasteiger charge is 2.32. The number of morpholine rings is 1. The average molecular weight is 538 g/mol. The van der Waals surface area contributed by atoms with Gasteiger partial charge in [-0.25, -0.2) is 4.99 Å². The van der Waals surface area contributed by atoms with Crippen LogP contribution in [0.4, 0.5) is 5.69 Å². The van der Waals surface area contributed by atoms with Crippen molar-refractivity contribution >= 4 is 40.5 Å². The van der Waals surface area contributed by atoms with Gasteiger partial charge in [0.05, 0.1) is 37.0 Å². The minimum Gasteiger partial charge on any atom is -0.490 e. The SMILES string of the molecule is CCCCOc1ccc(/C=C2/SC(=Nc3cccc(C(=O)N4CCOCC4)c3)N(CC)C2=O)cc1OCC. The molecule has 0 saturated carbocycles. The van der Waals surface area contributed by atoms with E-state index in [1.54, 1.807) is 21.9 Å². The van der Waals surface area contributed by atoms with Crippen molar-refractivity contribution in [1.29, 1.82) is 0 Å². The van der Waals surface area contributed by atoms with Crippen molar-refractivity contribution in [3.05, 3.63) is 58.5 Å². The maximum Gasteiger partial charge on any atom is 0.266 e. The molecule has 0 unspecified atom stereocenters. The van der Waals surface area contributed by atoms with Crippen LogP contribution in [0.3, 0.4) is 0 Å². The van der Waals surface area contributed by atoms with Gasteiger partial charge in [0, 0.05) is 25.2 Å². The molecular formula is C29H35N3O5S. The van der Waals surface area contributed by atoms with Crippen molar-refractivity contribution in [2.45, 2.75) is 33.6 Å². The number of carbonyl (C=O) groups excluding carboxylic acids is 2. The Morgan fingerprint density at radius 3 is 2.63 bits per heavy atom. The highest BCUT2D eigenvalue weighted by molar-refractivity contribution is 8.18. The van der Waals surface area contributed by atoms with Crippen LogP contribution in [0.15, 0.2) is 52.4 Å². The number of carbonyl (C=O) groups is 2. The molecule has 2 aliphatic heterocycles. The van der Waals surface area contributed by atoms with Crippen LogP contribution in [-0.4, -0.2) is 72.8 Å². The zero-order valence-corrected chi connectivity index (χ0v) is 23.1. The smallest absolute Gasteiger partial charge is 0.266 e. The maximum absolute atomic E-state index is 13.2. The summed E-state index contributed by atoms with van der Waals surface area (Å²) in [5, 5.41) is 0.587. The average Bonchev–Trinajstić information content (AvgIpc) is 3.23. The summed E-state index contributed by atoms with van der Waals surface area (Å²) in [6.45, 7) is 9.88. The van der Waals surface area contributed by atoms with Crippen molar-refractivity contribution in [1.82, 2.24) is 9.80 Å². The van der Waals surface area contributed by atoms with Crippen LogP contribution in [0.5, 0.6) is 11.5 Å². The van der Waals surface area contributed by atoms with Gasteiger partial charge in [-0.3, -0.25) is 14.5 Å². The monoisotopic (exact) mass is 537 g/mol. The molecule has 9 heteroatoms. The molecule has 202 valence electrons. The van der Waals surface area contributed by atoms with Crippen LogP contribution in [0, 0.1) is 0 Å². The van der Waals surface area contributed by atoms with Gasteiger partial charge in [-0.2, -0.15) is 0 Å². The third-order valence-corrected chi connectivity index (χ3v) is 7.15. The summed E-state index contributed by atoms with van der Waals surface area (Å²) in [7, 11) is 0. The molecule has 0 radical (unpaired) electrons. The quantitative estimate of drug-likeness (QED) is 0.300. The Hall–Kier alpha value is -3.30. The van der Waals surface area contributed by atoms with Crippen LogP contribution in [-0.2, 0) is 9.53 Å². The summed E-state index contributed by atoms with van der Waals surface area (Å²) in [5.74, 6) is 1.23. The molecule has 2 aromatic carbocycles. The summed E-state index contributed by atoms with van der Waals surface area (Å²) < 4.78 is 17.0. The number of thioether (sulfide) groups is 1. The molecule has 38 heavy (non-hydrogen) atoms. The number of likely N-dealkylation sites (N-methyl/N-ethyl adjacent to an activating group) is 1. The zero-order valence-electron chi connectivity index (χ0n) is 22.3. The summed E-state index contributed by atoms with van der Waals surface area (Å²) >= 11 is 1.33. The summed E-state index contributed by atoms with van der Waals surface area (Å²) in [5.41, 5.74) is 2.06. The van der Waals surface area contributed by atoms with Crippen molar-refractivity contribution in [2.24, 2.45) is 4.99 Å². The first-order chi connectivity index (χ1) is 18.5. The summed E-state index contributed by atoms with van der Waals surface area (Å²) in [6.07, 6.45) is 3.89. The Balaban J connectivity index is 1.55. The fourth-order valence-electron chi connectivity index (χ4n) is 4.12. The fraction of sp³-hybridized carbons (Fsp3) is 0.414. The van der Waals surface area contributed by atoms with E-state index < -0.39 is 0 Å². The first kappa shape index (κ1) is 27.7. The van der Waals surface area contributed by atoms with E-state index in [-0.39, 0.29) is 11.8 Å². The molecular weight excluding hydrogens is 502 g/mol. The second-order valence-corrected chi connectivity index (χ2v) is 9.86. The Labute approximate surface area is 228 Å². The molecule has 2 aromatic rings. The number of nitrogens with zero attached hydrogens (tertiary/aromatic N) is 3. The van der Waals surface area contributed by atoms with E-state index in [0.717, 1.165) is 18.4 Å². The van der Waals surface area contributed by atoms with Crippen LogP contribution in [0.1, 0.15) is 49.5 Å². The van der Waals surface area contributed by atoms with Crippen molar-refractivity contribution in [3.8, 4) is 11.5 Å². The first-order valence-electron chi connectivity index (χ1n) is 13.2. The Morgan fingerprint density at radius 2 is 1.89 bits per heavy atom. The number of rotatable bonds is 10. The van der Waals surface area contributed by atoms with Crippen LogP contribution in [0.25, 0.3) is 6.08 Å². The Morgan fingerprint density at radius 1 is 1.08 bits per heavy atom. The second-order valence-electron chi connectivity index (χ2n) is 8.85. The molecule has 0 bridgehead atoms. The number of amides is 2. The normalized spacial score (nSPS) is 17.9. The van der Waals surface area contributed by atoms with Crippen molar-refractivity contribution in [2.75, 3.05) is 46.1 Å². The lowest BCUT2D eigenvalue weighted by Gasteiger charge is -2.26. The van der Waals surface area contributed by atoms with Crippen LogP contribution >= 0.6 is 11.8 Å². The minimum atomic E-state index is -0.0990. The fourth-order valence-corrected chi connectivity index (χ4v) is 5.18. The summed E-state index contributed by atoms with van der Waals surface area (Å²) in [6, 6.07) is 12.9. The highest BCUT2D eigenvalue weighted by atomic mass is 32.2. The van der Waals surface area contributed by atoms with Gasteiger partial charge in [-0.1, -0.05) is 25.5 Å². The van der Waals surface area contributed by atoms with Gasteiger partial charge in [0.2, 0.25) is 0 Å². The van der Waals surface area contributed by atoms with E-state index >= 15 is 0 Å². The lowest BCUT2D eigenvalue weighted by molar-refractivity contribution is -0.122. The van der Waals surface area contributed by atoms with Gasteiger partial charge in [-0.15, -0.1) is 0 Å². The predicted octanol–water partition coefficient (Wildman–Crippen LogP) is 5.36. The van der Waals surface area contributed by atoms with Gasteiger partial charge in [-0.05, 0) is 74.0 Å². The Bertz CT molecular complexity index is 1210. The van der Waals surface area contributed by atoms with E-state index in [9.17, 15) is 9.59 Å². The maximum atomic E-state index is 13.2. The molecule has 0 atom stereocenters. The van der Waals surface area contributed by atoms with E-state index in [1.807, 2.05) is 50.3 Å². The van der Waals surface area contributed by atoms with Crippen LogP contribution < -0.4 is 9.47 Å². The second kappa shape index (κ2) is 13.5. The first-order valence-corrected chi connectivity index (χ1v) is 14.0. The van der Waals surface area contributed by atoms with E-state index in [2.05, 4.69) is 6.92 Å². The molecule has 2 saturated heterocycles. The number of hydrogen-bond acceptors (Lipinski definition) is 7.